The normalized spacial score (nSPS) is 50.9. The van der Waals surface area contributed by atoms with Crippen molar-refractivity contribution < 1.29 is 14.2 Å². The highest BCUT2D eigenvalue weighted by Crippen LogP contribution is 2.72. The third kappa shape index (κ3) is 5.40. The Morgan fingerprint density at radius 1 is 0.574 bits per heavy atom. The molecule has 47 heavy (non-hydrogen) atoms. The molecule has 0 aromatic carbocycles. The van der Waals surface area contributed by atoms with E-state index in [4.69, 9.17) is 14.2 Å². The fourth-order valence-corrected chi connectivity index (χ4v) is 15.5. The van der Waals surface area contributed by atoms with E-state index in [2.05, 4.69) is 48.5 Å². The topological polar surface area (TPSA) is 27.7 Å². The van der Waals surface area contributed by atoms with Crippen LogP contribution in [0, 0.1) is 82.3 Å². The van der Waals surface area contributed by atoms with E-state index < -0.39 is 0 Å². The second kappa shape index (κ2) is 13.1. The van der Waals surface area contributed by atoms with Gasteiger partial charge >= 0.3 is 0 Å². The molecular weight excluding hydrogens is 576 g/mol. The maximum absolute atomic E-state index is 7.99. The van der Waals surface area contributed by atoms with Crippen molar-refractivity contribution in [2.45, 2.75) is 194 Å². The zero-order chi connectivity index (χ0) is 32.7. The van der Waals surface area contributed by atoms with Crippen LogP contribution in [0.1, 0.15) is 164 Å². The van der Waals surface area contributed by atoms with Gasteiger partial charge in [-0.15, -0.1) is 0 Å². The summed E-state index contributed by atoms with van der Waals surface area (Å²) >= 11 is 0. The van der Waals surface area contributed by atoms with Crippen LogP contribution in [0.4, 0.5) is 0 Å². The molecule has 268 valence electrons. The zero-order valence-electron chi connectivity index (χ0n) is 31.8. The molecule has 0 N–H and O–H groups in total. The molecule has 3 heteroatoms. The zero-order valence-corrected chi connectivity index (χ0v) is 31.8. The summed E-state index contributed by atoms with van der Waals surface area (Å²) in [6, 6.07) is 0. The molecule has 2 aliphatic heterocycles. The minimum absolute atomic E-state index is 0.355. The molecular formula is C44H74O3. The summed E-state index contributed by atoms with van der Waals surface area (Å²) in [6.45, 7) is 17.5. The van der Waals surface area contributed by atoms with Gasteiger partial charge in [-0.2, -0.15) is 0 Å². The largest absolute Gasteiger partial charge is 0.374 e. The van der Waals surface area contributed by atoms with E-state index in [0.29, 0.717) is 53.5 Å². The van der Waals surface area contributed by atoms with E-state index in [0.717, 1.165) is 59.7 Å². The highest BCUT2D eigenvalue weighted by Gasteiger charge is 2.74. The lowest BCUT2D eigenvalue weighted by Crippen LogP contribution is -2.61. The Balaban J connectivity index is 1.26. The fourth-order valence-electron chi connectivity index (χ4n) is 15.5. The predicted molar refractivity (Wildman–Crippen MR) is 192 cm³/mol. The van der Waals surface area contributed by atoms with Crippen molar-refractivity contribution in [3.63, 3.8) is 0 Å². The Hall–Kier alpha value is -0.120. The molecule has 2 saturated heterocycles. The van der Waals surface area contributed by atoms with Crippen molar-refractivity contribution in [1.29, 1.82) is 0 Å². The second-order valence-electron chi connectivity index (χ2n) is 19.8. The SMILES string of the molecule is CCC(CC)C1CC(C(CC)CC)OC2(O1)C1CCC3OC4CCC5CCCCC5C4C3C1C1CC(C(C)(C)C)C3CCCCC3C12. The van der Waals surface area contributed by atoms with Crippen molar-refractivity contribution in [3.8, 4) is 0 Å². The van der Waals surface area contributed by atoms with Gasteiger partial charge < -0.3 is 14.2 Å². The second-order valence-corrected chi connectivity index (χ2v) is 19.8. The molecule has 2 heterocycles. The van der Waals surface area contributed by atoms with Gasteiger partial charge in [0, 0.05) is 18.3 Å². The number of ether oxygens (including phenoxy) is 3. The summed E-state index contributed by atoms with van der Waals surface area (Å²) < 4.78 is 23.3. The van der Waals surface area contributed by atoms with Gasteiger partial charge in [-0.05, 0) is 122 Å². The molecule has 0 radical (unpaired) electrons. The van der Waals surface area contributed by atoms with Gasteiger partial charge in [-0.3, -0.25) is 0 Å². The van der Waals surface area contributed by atoms with Crippen molar-refractivity contribution in [2.24, 2.45) is 82.3 Å². The van der Waals surface area contributed by atoms with Gasteiger partial charge in [0.1, 0.15) is 0 Å². The molecule has 6 aliphatic carbocycles. The first-order chi connectivity index (χ1) is 22.7. The maximum atomic E-state index is 7.99. The molecule has 0 bridgehead atoms. The molecule has 1 spiro atoms. The van der Waals surface area contributed by atoms with Gasteiger partial charge in [0.15, 0.2) is 5.79 Å². The minimum Gasteiger partial charge on any atom is -0.374 e. The third-order valence-electron chi connectivity index (χ3n) is 17.3. The van der Waals surface area contributed by atoms with E-state index in [1.807, 2.05) is 0 Å². The Bertz CT molecular complexity index is 1050. The van der Waals surface area contributed by atoms with Crippen LogP contribution in [0.25, 0.3) is 0 Å². The lowest BCUT2D eigenvalue weighted by Gasteiger charge is -2.58. The molecule has 8 aliphatic rings. The standard InChI is InChI=1S/C44H74O3/c1-8-26(9-2)37-25-38(27(10-3)11-4)47-44(46-37)33-21-23-36-41(40-29-17-13-12-16-28(29)20-22-35(40)45-36)39(33)32-24-34(43(5,6)7)30-18-14-15-19-31(30)42(32)44/h26-42H,8-25H2,1-7H3. The summed E-state index contributed by atoms with van der Waals surface area (Å²) in [6.07, 6.45) is 26.1. The molecule has 6 saturated carbocycles. The Kier molecular flexibility index (Phi) is 9.50. The Morgan fingerprint density at radius 2 is 1.15 bits per heavy atom. The highest BCUT2D eigenvalue weighted by atomic mass is 16.7. The first-order valence-electron chi connectivity index (χ1n) is 21.7. The molecule has 8 rings (SSSR count). The van der Waals surface area contributed by atoms with Crippen molar-refractivity contribution in [1.82, 2.24) is 0 Å². The smallest absolute Gasteiger partial charge is 0.175 e. The van der Waals surface area contributed by atoms with Crippen LogP contribution in [0.3, 0.4) is 0 Å². The van der Waals surface area contributed by atoms with Crippen LogP contribution in [0.2, 0.25) is 0 Å². The molecule has 0 aromatic rings. The number of fused-ring (bicyclic) bond motifs is 13. The molecule has 8 fully saturated rings. The summed E-state index contributed by atoms with van der Waals surface area (Å²) in [4.78, 5) is 0. The first kappa shape index (κ1) is 34.0. The van der Waals surface area contributed by atoms with E-state index in [1.165, 1.54) is 109 Å². The Morgan fingerprint density at radius 3 is 1.79 bits per heavy atom. The monoisotopic (exact) mass is 651 g/mol. The van der Waals surface area contributed by atoms with Gasteiger partial charge in [0.25, 0.3) is 0 Å². The summed E-state index contributed by atoms with van der Waals surface area (Å²) in [7, 11) is 0. The van der Waals surface area contributed by atoms with E-state index in [-0.39, 0.29) is 5.79 Å². The lowest BCUT2D eigenvalue weighted by molar-refractivity contribution is -0.378. The Labute approximate surface area is 290 Å². The quantitative estimate of drug-likeness (QED) is 0.286. The van der Waals surface area contributed by atoms with Crippen LogP contribution in [0.15, 0.2) is 0 Å². The van der Waals surface area contributed by atoms with Crippen LogP contribution in [0.5, 0.6) is 0 Å². The molecule has 15 atom stereocenters. The van der Waals surface area contributed by atoms with E-state index >= 15 is 0 Å². The fraction of sp³-hybridized carbons (Fsp3) is 1.00. The van der Waals surface area contributed by atoms with Gasteiger partial charge in [0.2, 0.25) is 0 Å². The summed E-state index contributed by atoms with van der Waals surface area (Å²) in [5.74, 6) is 9.39. The number of rotatable bonds is 6. The van der Waals surface area contributed by atoms with Crippen molar-refractivity contribution in [2.75, 3.05) is 0 Å². The van der Waals surface area contributed by atoms with Gasteiger partial charge in [-0.25, -0.2) is 0 Å². The predicted octanol–water partition coefficient (Wildman–Crippen LogP) is 11.5. The molecule has 0 amide bonds. The van der Waals surface area contributed by atoms with E-state index in [9.17, 15) is 0 Å². The molecule has 0 aromatic heterocycles. The van der Waals surface area contributed by atoms with Crippen LogP contribution >= 0.6 is 0 Å². The molecule has 15 unspecified atom stereocenters. The maximum Gasteiger partial charge on any atom is 0.175 e. The third-order valence-corrected chi connectivity index (χ3v) is 17.3. The average molecular weight is 651 g/mol. The van der Waals surface area contributed by atoms with Crippen molar-refractivity contribution >= 4 is 0 Å². The van der Waals surface area contributed by atoms with Crippen LogP contribution in [-0.2, 0) is 14.2 Å². The summed E-state index contributed by atoms with van der Waals surface area (Å²) in [5, 5.41) is 0. The molecule has 3 nitrogen and oxygen atoms in total. The van der Waals surface area contributed by atoms with E-state index in [1.54, 1.807) is 0 Å². The van der Waals surface area contributed by atoms with Crippen molar-refractivity contribution in [3.05, 3.63) is 0 Å². The van der Waals surface area contributed by atoms with Gasteiger partial charge in [-0.1, -0.05) is 106 Å². The number of hydrogen-bond donors (Lipinski definition) is 0. The number of hydrogen-bond acceptors (Lipinski definition) is 3. The summed E-state index contributed by atoms with van der Waals surface area (Å²) in [5.41, 5.74) is 0.364. The van der Waals surface area contributed by atoms with Gasteiger partial charge in [0.05, 0.1) is 24.4 Å². The highest BCUT2D eigenvalue weighted by molar-refractivity contribution is 5.18. The lowest BCUT2D eigenvalue weighted by atomic mass is 9.50. The first-order valence-corrected chi connectivity index (χ1v) is 21.7. The van der Waals surface area contributed by atoms with Crippen LogP contribution < -0.4 is 0 Å². The average Bonchev–Trinajstić information content (AvgIpc) is 3.58. The van der Waals surface area contributed by atoms with Crippen LogP contribution in [-0.4, -0.2) is 30.2 Å². The minimum atomic E-state index is -0.374.